The molecule has 2 aliphatic carbocycles. The minimum atomic E-state index is -0.314. The molecule has 0 saturated heterocycles. The van der Waals surface area contributed by atoms with E-state index in [0.717, 1.165) is 11.1 Å². The monoisotopic (exact) mass is 175 g/mol. The Balaban J connectivity index is 2.47. The van der Waals surface area contributed by atoms with Crippen molar-refractivity contribution in [3.05, 3.63) is 56.8 Å². The molecule has 0 aromatic heterocycles. The van der Waals surface area contributed by atoms with Crippen molar-refractivity contribution in [2.24, 2.45) is 0 Å². The molecule has 0 aromatic rings. The van der Waals surface area contributed by atoms with Gasteiger partial charge in [-0.15, -0.1) is 0 Å². The predicted octanol–water partition coefficient (Wildman–Crippen LogP) is 2.36. The molecular formula is C10H9NO2. The molecule has 0 fully saturated rings. The van der Waals surface area contributed by atoms with Gasteiger partial charge < -0.3 is 0 Å². The molecule has 2 rings (SSSR count). The van der Waals surface area contributed by atoms with Gasteiger partial charge in [0.1, 0.15) is 0 Å². The van der Waals surface area contributed by atoms with Gasteiger partial charge in [-0.1, -0.05) is 17.7 Å². The van der Waals surface area contributed by atoms with Gasteiger partial charge in [0.2, 0.25) is 0 Å². The Labute approximate surface area is 75.9 Å². The van der Waals surface area contributed by atoms with Gasteiger partial charge in [-0.05, 0) is 31.1 Å². The zero-order valence-corrected chi connectivity index (χ0v) is 7.28. The molecule has 0 bridgehead atoms. The van der Waals surface area contributed by atoms with Gasteiger partial charge in [0.15, 0.2) is 0 Å². The molecule has 0 amide bonds. The topological polar surface area (TPSA) is 43.1 Å². The summed E-state index contributed by atoms with van der Waals surface area (Å²) in [4.78, 5) is 10.3. The Hall–Kier alpha value is -1.64. The van der Waals surface area contributed by atoms with Crippen LogP contribution in [0.15, 0.2) is 46.7 Å². The lowest BCUT2D eigenvalue weighted by Crippen LogP contribution is -2.07. The number of allylic oxidation sites excluding steroid dienone is 6. The molecule has 0 radical (unpaired) electrons. The predicted molar refractivity (Wildman–Crippen MR) is 49.6 cm³/mol. The van der Waals surface area contributed by atoms with Crippen LogP contribution in [0.3, 0.4) is 0 Å². The van der Waals surface area contributed by atoms with Crippen LogP contribution in [0.2, 0.25) is 0 Å². The first-order chi connectivity index (χ1) is 6.20. The van der Waals surface area contributed by atoms with E-state index in [2.05, 4.69) is 0 Å². The average Bonchev–Trinajstić information content (AvgIpc) is 2.53. The summed E-state index contributed by atoms with van der Waals surface area (Å²) < 4.78 is 0. The van der Waals surface area contributed by atoms with Crippen LogP contribution in [0.4, 0.5) is 0 Å². The van der Waals surface area contributed by atoms with Crippen LogP contribution in [0.1, 0.15) is 13.3 Å². The third-order valence-corrected chi connectivity index (χ3v) is 2.35. The summed E-state index contributed by atoms with van der Waals surface area (Å²) >= 11 is 0. The third kappa shape index (κ3) is 1.13. The zero-order valence-electron chi connectivity index (χ0n) is 7.28. The number of fused-ring (bicyclic) bond motifs is 1. The van der Waals surface area contributed by atoms with Crippen LogP contribution in [-0.2, 0) is 0 Å². The Morgan fingerprint density at radius 1 is 1.54 bits per heavy atom. The number of hydrogen-bond acceptors (Lipinski definition) is 2. The normalized spacial score (nSPS) is 19.8. The second kappa shape index (κ2) is 2.69. The third-order valence-electron chi connectivity index (χ3n) is 2.35. The van der Waals surface area contributed by atoms with Gasteiger partial charge >= 0.3 is 0 Å². The van der Waals surface area contributed by atoms with Gasteiger partial charge in [-0.2, -0.15) is 0 Å². The summed E-state index contributed by atoms with van der Waals surface area (Å²) in [6.07, 6.45) is 7.95. The number of nitrogens with zero attached hydrogens (tertiary/aromatic N) is 1. The van der Waals surface area contributed by atoms with Crippen LogP contribution < -0.4 is 0 Å². The van der Waals surface area contributed by atoms with Crippen molar-refractivity contribution in [2.45, 2.75) is 13.3 Å². The van der Waals surface area contributed by atoms with Crippen molar-refractivity contribution in [1.82, 2.24) is 0 Å². The molecular weight excluding hydrogens is 166 g/mol. The van der Waals surface area contributed by atoms with Crippen molar-refractivity contribution >= 4 is 0 Å². The fraction of sp³-hybridized carbons (Fsp3) is 0.200. The van der Waals surface area contributed by atoms with Crippen molar-refractivity contribution in [3.63, 3.8) is 0 Å². The first-order valence-electron chi connectivity index (χ1n) is 4.13. The van der Waals surface area contributed by atoms with E-state index in [-0.39, 0.29) is 10.6 Å². The maximum atomic E-state index is 10.6. The van der Waals surface area contributed by atoms with Crippen LogP contribution >= 0.6 is 0 Å². The molecule has 2 aliphatic rings. The lowest BCUT2D eigenvalue weighted by Gasteiger charge is -2.11. The molecule has 0 aromatic carbocycles. The Bertz CT molecular complexity index is 397. The standard InChI is InChI=1S/C10H9NO2/c1-7-5-6-10(11(12)13)9-4-2-3-8(7)9/h2-4,6H,5H2,1H3. The van der Waals surface area contributed by atoms with E-state index in [0.29, 0.717) is 6.42 Å². The summed E-state index contributed by atoms with van der Waals surface area (Å²) in [6, 6.07) is 0. The smallest absolute Gasteiger partial charge is 0.258 e. The van der Waals surface area contributed by atoms with Gasteiger partial charge in [0.05, 0.1) is 10.5 Å². The van der Waals surface area contributed by atoms with Gasteiger partial charge in [0, 0.05) is 0 Å². The highest BCUT2D eigenvalue weighted by Crippen LogP contribution is 2.33. The van der Waals surface area contributed by atoms with E-state index in [9.17, 15) is 10.1 Å². The number of hydrogen-bond donors (Lipinski definition) is 0. The summed E-state index contributed by atoms with van der Waals surface area (Å²) in [7, 11) is 0. The lowest BCUT2D eigenvalue weighted by molar-refractivity contribution is -0.420. The summed E-state index contributed by atoms with van der Waals surface area (Å²) in [5, 5.41) is 10.6. The van der Waals surface area contributed by atoms with Crippen molar-refractivity contribution < 1.29 is 4.92 Å². The molecule has 0 atom stereocenters. The van der Waals surface area contributed by atoms with Crippen molar-refractivity contribution in [2.75, 3.05) is 0 Å². The lowest BCUT2D eigenvalue weighted by atomic mass is 9.93. The molecule has 66 valence electrons. The maximum absolute atomic E-state index is 10.6. The van der Waals surface area contributed by atoms with Crippen LogP contribution in [-0.4, -0.2) is 4.92 Å². The molecule has 3 heteroatoms. The van der Waals surface area contributed by atoms with E-state index >= 15 is 0 Å². The highest BCUT2D eigenvalue weighted by Gasteiger charge is 2.25. The Morgan fingerprint density at radius 2 is 2.31 bits per heavy atom. The molecule has 0 spiro atoms. The summed E-state index contributed by atoms with van der Waals surface area (Å²) in [6.45, 7) is 2.01. The summed E-state index contributed by atoms with van der Waals surface area (Å²) in [5.41, 5.74) is 3.22. The van der Waals surface area contributed by atoms with E-state index < -0.39 is 0 Å². The van der Waals surface area contributed by atoms with Gasteiger partial charge in [0.25, 0.3) is 5.70 Å². The molecule has 0 saturated carbocycles. The highest BCUT2D eigenvalue weighted by atomic mass is 16.6. The van der Waals surface area contributed by atoms with E-state index in [1.807, 2.05) is 19.1 Å². The second-order valence-corrected chi connectivity index (χ2v) is 3.18. The average molecular weight is 175 g/mol. The van der Waals surface area contributed by atoms with Crippen LogP contribution in [0.5, 0.6) is 0 Å². The quantitative estimate of drug-likeness (QED) is 0.453. The zero-order chi connectivity index (χ0) is 9.42. The van der Waals surface area contributed by atoms with Crippen molar-refractivity contribution in [1.29, 1.82) is 0 Å². The Kier molecular flexibility index (Phi) is 1.65. The van der Waals surface area contributed by atoms with E-state index in [4.69, 9.17) is 0 Å². The van der Waals surface area contributed by atoms with E-state index in [1.165, 1.54) is 5.57 Å². The Morgan fingerprint density at radius 3 is 3.00 bits per heavy atom. The minimum Gasteiger partial charge on any atom is -0.258 e. The fourth-order valence-corrected chi connectivity index (χ4v) is 1.66. The number of rotatable bonds is 1. The van der Waals surface area contributed by atoms with Crippen LogP contribution in [0.25, 0.3) is 0 Å². The molecule has 0 N–H and O–H groups in total. The first-order valence-corrected chi connectivity index (χ1v) is 4.13. The van der Waals surface area contributed by atoms with Gasteiger partial charge in [-0.25, -0.2) is 0 Å². The number of nitro groups is 1. The molecule has 0 unspecified atom stereocenters. The van der Waals surface area contributed by atoms with Crippen LogP contribution in [0, 0.1) is 10.1 Å². The highest BCUT2D eigenvalue weighted by molar-refractivity contribution is 5.60. The van der Waals surface area contributed by atoms with E-state index in [1.54, 1.807) is 12.2 Å². The fourth-order valence-electron chi connectivity index (χ4n) is 1.66. The SMILES string of the molecule is CC1=C2C=CC=C2C([N+](=O)[O-])=CC1. The molecule has 0 heterocycles. The van der Waals surface area contributed by atoms with Gasteiger partial charge in [-0.3, -0.25) is 10.1 Å². The maximum Gasteiger partial charge on any atom is 0.273 e. The van der Waals surface area contributed by atoms with Crippen molar-refractivity contribution in [3.8, 4) is 0 Å². The summed E-state index contributed by atoms with van der Waals surface area (Å²) in [5.74, 6) is 0. The molecule has 13 heavy (non-hydrogen) atoms. The first kappa shape index (κ1) is 7.98. The molecule has 0 aliphatic heterocycles. The molecule has 3 nitrogen and oxygen atoms in total. The minimum absolute atomic E-state index is 0.241. The largest absolute Gasteiger partial charge is 0.273 e. The second-order valence-electron chi connectivity index (χ2n) is 3.18.